The molecule has 1 unspecified atom stereocenters. The number of halogens is 3. The van der Waals surface area contributed by atoms with Crippen LogP contribution < -0.4 is 5.32 Å². The number of hydrogen-bond acceptors (Lipinski definition) is 3. The van der Waals surface area contributed by atoms with E-state index in [4.69, 9.17) is 0 Å². The highest BCUT2D eigenvalue weighted by Crippen LogP contribution is 2.25. The number of rotatable bonds is 4. The van der Waals surface area contributed by atoms with Gasteiger partial charge in [-0.05, 0) is 17.7 Å². The Balaban J connectivity index is 2.12. The number of aliphatic hydroxyl groups excluding tert-OH is 1. The van der Waals surface area contributed by atoms with Crippen LogP contribution in [0, 0.1) is 23.4 Å². The van der Waals surface area contributed by atoms with E-state index in [-0.39, 0.29) is 24.2 Å². The Bertz CT molecular complexity index is 531. The van der Waals surface area contributed by atoms with Gasteiger partial charge in [0.15, 0.2) is 17.5 Å². The van der Waals surface area contributed by atoms with Gasteiger partial charge in [0.05, 0.1) is 18.6 Å². The Morgan fingerprint density at radius 1 is 1.30 bits per heavy atom. The molecule has 0 radical (unpaired) electrons. The minimum atomic E-state index is -1.61. The van der Waals surface area contributed by atoms with Gasteiger partial charge in [0.25, 0.3) is 0 Å². The smallest absolute Gasteiger partial charge is 0.224 e. The van der Waals surface area contributed by atoms with Crippen LogP contribution in [-0.2, 0) is 9.59 Å². The zero-order chi connectivity index (χ0) is 14.9. The van der Waals surface area contributed by atoms with Gasteiger partial charge in [-0.15, -0.1) is 0 Å². The molecule has 1 aromatic rings. The van der Waals surface area contributed by atoms with Crippen LogP contribution in [-0.4, -0.2) is 23.4 Å². The molecule has 1 aliphatic rings. The van der Waals surface area contributed by atoms with Gasteiger partial charge in [0.2, 0.25) is 5.91 Å². The van der Waals surface area contributed by atoms with Crippen molar-refractivity contribution < 1.29 is 27.9 Å². The summed E-state index contributed by atoms with van der Waals surface area (Å²) >= 11 is 0. The minimum Gasteiger partial charge on any atom is -0.394 e. The number of benzene rings is 1. The van der Waals surface area contributed by atoms with Crippen molar-refractivity contribution in [3.8, 4) is 0 Å². The largest absolute Gasteiger partial charge is 0.394 e. The summed E-state index contributed by atoms with van der Waals surface area (Å²) in [4.78, 5) is 22.5. The van der Waals surface area contributed by atoms with Crippen LogP contribution in [0.4, 0.5) is 13.2 Å². The predicted octanol–water partition coefficient (Wildman–Crippen LogP) is 1.23. The van der Waals surface area contributed by atoms with Crippen LogP contribution in [0.1, 0.15) is 24.4 Å². The van der Waals surface area contributed by atoms with Crippen LogP contribution in [0.5, 0.6) is 0 Å². The van der Waals surface area contributed by atoms with Gasteiger partial charge >= 0.3 is 0 Å². The zero-order valence-corrected chi connectivity index (χ0v) is 10.3. The van der Waals surface area contributed by atoms with E-state index in [0.29, 0.717) is 12.1 Å². The first-order chi connectivity index (χ1) is 9.42. The van der Waals surface area contributed by atoms with Crippen molar-refractivity contribution in [2.75, 3.05) is 6.61 Å². The molecule has 1 atom stereocenters. The quantitative estimate of drug-likeness (QED) is 0.819. The van der Waals surface area contributed by atoms with Crippen molar-refractivity contribution in [2.45, 2.75) is 18.9 Å². The maximum Gasteiger partial charge on any atom is 0.224 e. The molecule has 7 heteroatoms. The summed E-state index contributed by atoms with van der Waals surface area (Å²) in [5.41, 5.74) is -0.0806. The van der Waals surface area contributed by atoms with Crippen LogP contribution in [0.2, 0.25) is 0 Å². The van der Waals surface area contributed by atoms with Crippen molar-refractivity contribution in [2.24, 2.45) is 5.92 Å². The number of nitrogens with one attached hydrogen (secondary N) is 1. The summed E-state index contributed by atoms with van der Waals surface area (Å²) in [7, 11) is 0. The van der Waals surface area contributed by atoms with Crippen molar-refractivity contribution in [3.05, 3.63) is 35.1 Å². The molecular formula is C13H12F3NO3. The number of amides is 1. The summed E-state index contributed by atoms with van der Waals surface area (Å²) < 4.78 is 39.1. The third kappa shape index (κ3) is 2.82. The molecule has 20 heavy (non-hydrogen) atoms. The molecule has 0 bridgehead atoms. The van der Waals surface area contributed by atoms with Crippen LogP contribution >= 0.6 is 0 Å². The molecule has 1 saturated carbocycles. The Labute approximate surface area is 112 Å². The Kier molecular flexibility index (Phi) is 4.08. The van der Waals surface area contributed by atoms with Gasteiger partial charge < -0.3 is 10.4 Å². The van der Waals surface area contributed by atoms with Crippen molar-refractivity contribution >= 4 is 11.7 Å². The zero-order valence-electron chi connectivity index (χ0n) is 10.3. The highest BCUT2D eigenvalue weighted by molar-refractivity contribution is 5.96. The van der Waals surface area contributed by atoms with Gasteiger partial charge in [-0.3, -0.25) is 9.59 Å². The van der Waals surface area contributed by atoms with E-state index in [1.165, 1.54) is 0 Å². The van der Waals surface area contributed by atoms with E-state index < -0.39 is 41.9 Å². The Hall–Kier alpha value is -1.89. The van der Waals surface area contributed by atoms with E-state index in [9.17, 15) is 27.9 Å². The second kappa shape index (κ2) is 5.62. The van der Waals surface area contributed by atoms with Gasteiger partial charge in [0, 0.05) is 12.8 Å². The number of ketones is 1. The van der Waals surface area contributed by atoms with Gasteiger partial charge in [-0.2, -0.15) is 0 Å². The Morgan fingerprint density at radius 2 is 1.85 bits per heavy atom. The third-order valence-corrected chi connectivity index (χ3v) is 3.23. The summed E-state index contributed by atoms with van der Waals surface area (Å²) in [6.45, 7) is -0.600. The maximum atomic E-state index is 13.1. The average molecular weight is 287 g/mol. The van der Waals surface area contributed by atoms with E-state index in [1.54, 1.807) is 0 Å². The molecule has 108 valence electrons. The summed E-state index contributed by atoms with van der Waals surface area (Å²) in [6, 6.07) is 0.375. The first-order valence-electron chi connectivity index (χ1n) is 5.99. The minimum absolute atomic E-state index is 0.0374. The van der Waals surface area contributed by atoms with Gasteiger partial charge in [0.1, 0.15) is 5.78 Å². The van der Waals surface area contributed by atoms with Crippen LogP contribution in [0.15, 0.2) is 12.1 Å². The monoisotopic (exact) mass is 287 g/mol. The normalized spacial score (nSPS) is 16.7. The fourth-order valence-corrected chi connectivity index (χ4v) is 1.98. The lowest BCUT2D eigenvalue weighted by Crippen LogP contribution is -2.41. The molecular weight excluding hydrogens is 275 g/mol. The molecule has 1 fully saturated rings. The van der Waals surface area contributed by atoms with Gasteiger partial charge in [-0.1, -0.05) is 0 Å². The number of aliphatic hydroxyl groups is 1. The lowest BCUT2D eigenvalue weighted by molar-refractivity contribution is -0.138. The third-order valence-electron chi connectivity index (χ3n) is 3.23. The molecule has 1 amide bonds. The van der Waals surface area contributed by atoms with E-state index in [0.717, 1.165) is 0 Å². The first kappa shape index (κ1) is 14.5. The summed E-state index contributed by atoms with van der Waals surface area (Å²) in [5.74, 6) is -5.40. The van der Waals surface area contributed by atoms with E-state index in [1.807, 2.05) is 0 Å². The molecule has 0 heterocycles. The second-order valence-corrected chi connectivity index (χ2v) is 4.69. The molecule has 2 N–H and O–H groups in total. The van der Waals surface area contributed by atoms with Crippen LogP contribution in [0.25, 0.3) is 0 Å². The first-order valence-corrected chi connectivity index (χ1v) is 5.99. The molecule has 0 aromatic heterocycles. The molecule has 4 nitrogen and oxygen atoms in total. The average Bonchev–Trinajstić information content (AvgIpc) is 2.37. The molecule has 0 spiro atoms. The fraction of sp³-hybridized carbons (Fsp3) is 0.385. The number of Topliss-reactive ketones (excluding diaryl/α,β-unsaturated/α-hetero) is 1. The topological polar surface area (TPSA) is 66.4 Å². The lowest BCUT2D eigenvalue weighted by atomic mass is 9.83. The maximum absolute atomic E-state index is 13.1. The van der Waals surface area contributed by atoms with Crippen molar-refractivity contribution in [1.29, 1.82) is 0 Å². The number of carbonyl (C=O) groups excluding carboxylic acids is 2. The highest BCUT2D eigenvalue weighted by atomic mass is 19.2. The molecule has 1 aliphatic carbocycles. The molecule has 0 aliphatic heterocycles. The SMILES string of the molecule is O=C1CC(C(=O)NC(CO)c2cc(F)c(F)c(F)c2)C1. The number of hydrogen-bond donors (Lipinski definition) is 2. The fourth-order valence-electron chi connectivity index (χ4n) is 1.98. The van der Waals surface area contributed by atoms with Gasteiger partial charge in [-0.25, -0.2) is 13.2 Å². The second-order valence-electron chi connectivity index (χ2n) is 4.69. The summed E-state index contributed by atoms with van der Waals surface area (Å²) in [6.07, 6.45) is 0.242. The van der Waals surface area contributed by atoms with Crippen LogP contribution in [0.3, 0.4) is 0 Å². The summed E-state index contributed by atoms with van der Waals surface area (Å²) in [5, 5.41) is 11.6. The molecule has 2 rings (SSSR count). The molecule has 0 saturated heterocycles. The Morgan fingerprint density at radius 3 is 2.30 bits per heavy atom. The predicted molar refractivity (Wildman–Crippen MR) is 62.0 cm³/mol. The molecule has 1 aromatic carbocycles. The standard InChI is InChI=1S/C13H12F3NO3/c14-9-3-6(4-10(15)12(9)16)11(5-18)17-13(20)7-1-8(19)2-7/h3-4,7,11,18H,1-2,5H2,(H,17,20). The number of carbonyl (C=O) groups is 2. The van der Waals surface area contributed by atoms with Crippen molar-refractivity contribution in [1.82, 2.24) is 5.32 Å². The van der Waals surface area contributed by atoms with E-state index in [2.05, 4.69) is 5.32 Å². The highest BCUT2D eigenvalue weighted by Gasteiger charge is 2.33. The van der Waals surface area contributed by atoms with E-state index >= 15 is 0 Å². The van der Waals surface area contributed by atoms with Crippen molar-refractivity contribution in [3.63, 3.8) is 0 Å². The lowest BCUT2D eigenvalue weighted by Gasteiger charge is -2.26.